The summed E-state index contributed by atoms with van der Waals surface area (Å²) >= 11 is 0. The lowest BCUT2D eigenvalue weighted by Crippen LogP contribution is -2.45. The minimum atomic E-state index is -0.513. The zero-order chi connectivity index (χ0) is 13.3. The van der Waals surface area contributed by atoms with Crippen molar-refractivity contribution in [3.05, 3.63) is 0 Å². The molecule has 1 saturated carbocycles. The molecule has 1 amide bonds. The van der Waals surface area contributed by atoms with Gasteiger partial charge in [-0.15, -0.1) is 0 Å². The topological polar surface area (TPSA) is 55.4 Å². The van der Waals surface area contributed by atoms with Gasteiger partial charge in [-0.3, -0.25) is 4.79 Å². The summed E-state index contributed by atoms with van der Waals surface area (Å²) in [5.74, 6) is 0.308. The maximum atomic E-state index is 11.4. The molecule has 1 N–H and O–H groups in total. The molecule has 0 radical (unpaired) electrons. The summed E-state index contributed by atoms with van der Waals surface area (Å²) in [6, 6.07) is -0.363. The summed E-state index contributed by atoms with van der Waals surface area (Å²) < 4.78 is 4.52. The molecule has 4 heteroatoms. The van der Waals surface area contributed by atoms with Gasteiger partial charge in [-0.2, -0.15) is 0 Å². The first-order valence-electron chi connectivity index (χ1n) is 6.50. The first kappa shape index (κ1) is 15.9. The number of carbonyl (C=O) groups is 2. The average molecular weight is 243 g/mol. The highest BCUT2D eigenvalue weighted by molar-refractivity contribution is 5.85. The van der Waals surface area contributed by atoms with Crippen LogP contribution >= 0.6 is 0 Å². The third-order valence-corrected chi connectivity index (χ3v) is 3.02. The number of rotatable bonds is 3. The zero-order valence-electron chi connectivity index (χ0n) is 11.4. The molecule has 0 aromatic carbocycles. The second-order valence-electron chi connectivity index (χ2n) is 4.12. The van der Waals surface area contributed by atoms with E-state index in [9.17, 15) is 9.59 Å². The number of ketones is 1. The molecule has 100 valence electrons. The highest BCUT2D eigenvalue weighted by Crippen LogP contribution is 2.26. The molecule has 1 unspecified atom stereocenters. The molecule has 0 bridgehead atoms. The van der Waals surface area contributed by atoms with E-state index >= 15 is 0 Å². The minimum Gasteiger partial charge on any atom is -0.453 e. The summed E-state index contributed by atoms with van der Waals surface area (Å²) in [6.45, 7) is 5.52. The van der Waals surface area contributed by atoms with E-state index < -0.39 is 6.09 Å². The Labute approximate surface area is 104 Å². The van der Waals surface area contributed by atoms with E-state index in [0.29, 0.717) is 0 Å². The van der Waals surface area contributed by atoms with Crippen molar-refractivity contribution in [3.8, 4) is 0 Å². The van der Waals surface area contributed by atoms with E-state index in [0.717, 1.165) is 25.7 Å². The van der Waals surface area contributed by atoms with Gasteiger partial charge in [-0.1, -0.05) is 33.1 Å². The van der Waals surface area contributed by atoms with Crippen LogP contribution in [0.25, 0.3) is 0 Å². The molecule has 1 aliphatic carbocycles. The number of Topliss-reactive ketones (excluding diaryl/α,β-unsaturated/α-hetero) is 1. The molecule has 17 heavy (non-hydrogen) atoms. The van der Waals surface area contributed by atoms with Crippen LogP contribution in [0.15, 0.2) is 0 Å². The molecule has 1 aliphatic rings. The van der Waals surface area contributed by atoms with Gasteiger partial charge in [-0.05, 0) is 25.7 Å². The van der Waals surface area contributed by atoms with Crippen molar-refractivity contribution < 1.29 is 14.3 Å². The molecule has 0 saturated heterocycles. The Kier molecular flexibility index (Phi) is 8.46. The monoisotopic (exact) mass is 243 g/mol. The number of ether oxygens (including phenoxy) is 1. The van der Waals surface area contributed by atoms with Crippen LogP contribution in [-0.4, -0.2) is 25.0 Å². The average Bonchev–Trinajstić information content (AvgIpc) is 2.38. The Morgan fingerprint density at radius 2 is 1.71 bits per heavy atom. The van der Waals surface area contributed by atoms with Gasteiger partial charge in [0, 0.05) is 0 Å². The van der Waals surface area contributed by atoms with Crippen LogP contribution < -0.4 is 5.32 Å². The van der Waals surface area contributed by atoms with Crippen LogP contribution in [0.1, 0.15) is 52.9 Å². The Morgan fingerprint density at radius 3 is 2.12 bits per heavy atom. The van der Waals surface area contributed by atoms with Crippen LogP contribution in [-0.2, 0) is 9.53 Å². The van der Waals surface area contributed by atoms with E-state index in [4.69, 9.17) is 0 Å². The number of nitrogens with one attached hydrogen (secondary N) is 1. The molecular weight excluding hydrogens is 218 g/mol. The highest BCUT2D eigenvalue weighted by Gasteiger charge is 2.28. The normalized spacial score (nSPS) is 17.4. The number of amides is 1. The molecule has 1 fully saturated rings. The van der Waals surface area contributed by atoms with E-state index in [-0.39, 0.29) is 17.7 Å². The largest absolute Gasteiger partial charge is 0.453 e. The standard InChI is InChI=1S/C11H19NO3.C2H6/c1-8(13)10(12-11(14)15-2)9-6-4-3-5-7-9;1-2/h9-10H,3-7H2,1-2H3,(H,12,14);1-2H3. The number of hydrogen-bond acceptors (Lipinski definition) is 3. The lowest BCUT2D eigenvalue weighted by molar-refractivity contribution is -0.120. The molecule has 1 rings (SSSR count). The lowest BCUT2D eigenvalue weighted by Gasteiger charge is -2.28. The molecular formula is C13H25NO3. The maximum absolute atomic E-state index is 11.4. The molecule has 0 aliphatic heterocycles. The zero-order valence-corrected chi connectivity index (χ0v) is 11.4. The molecule has 0 spiro atoms. The Hall–Kier alpha value is -1.06. The van der Waals surface area contributed by atoms with Crippen molar-refractivity contribution in [1.29, 1.82) is 0 Å². The quantitative estimate of drug-likeness (QED) is 0.829. The van der Waals surface area contributed by atoms with Gasteiger partial charge < -0.3 is 10.1 Å². The SMILES string of the molecule is CC.COC(=O)NC(C(C)=O)C1CCCCC1. The second kappa shape index (κ2) is 9.02. The second-order valence-corrected chi connectivity index (χ2v) is 4.12. The van der Waals surface area contributed by atoms with Crippen LogP contribution in [0.5, 0.6) is 0 Å². The van der Waals surface area contributed by atoms with Gasteiger partial charge in [0.15, 0.2) is 5.78 Å². The van der Waals surface area contributed by atoms with E-state index in [1.807, 2.05) is 13.8 Å². The lowest BCUT2D eigenvalue weighted by atomic mass is 9.82. The van der Waals surface area contributed by atoms with Gasteiger partial charge in [0.2, 0.25) is 0 Å². The predicted octanol–water partition coefficient (Wildman–Crippen LogP) is 2.91. The highest BCUT2D eigenvalue weighted by atomic mass is 16.5. The first-order valence-corrected chi connectivity index (χ1v) is 6.50. The predicted molar refractivity (Wildman–Crippen MR) is 67.9 cm³/mol. The third-order valence-electron chi connectivity index (χ3n) is 3.02. The molecule has 0 aromatic heterocycles. The minimum absolute atomic E-state index is 0.0206. The van der Waals surface area contributed by atoms with Crippen molar-refractivity contribution in [3.63, 3.8) is 0 Å². The maximum Gasteiger partial charge on any atom is 0.407 e. The van der Waals surface area contributed by atoms with Crippen molar-refractivity contribution in [2.24, 2.45) is 5.92 Å². The van der Waals surface area contributed by atoms with Gasteiger partial charge in [-0.25, -0.2) is 4.79 Å². The van der Waals surface area contributed by atoms with Gasteiger partial charge in [0.05, 0.1) is 13.2 Å². The summed E-state index contributed by atoms with van der Waals surface area (Å²) in [7, 11) is 1.31. The summed E-state index contributed by atoms with van der Waals surface area (Å²) in [5, 5.41) is 2.63. The van der Waals surface area contributed by atoms with Crippen molar-refractivity contribution in [2.45, 2.75) is 58.9 Å². The summed E-state index contributed by atoms with van der Waals surface area (Å²) in [5.41, 5.74) is 0. The van der Waals surface area contributed by atoms with E-state index in [1.165, 1.54) is 20.5 Å². The molecule has 0 heterocycles. The fraction of sp³-hybridized carbons (Fsp3) is 0.846. The van der Waals surface area contributed by atoms with Gasteiger partial charge in [0.1, 0.15) is 0 Å². The van der Waals surface area contributed by atoms with Crippen LogP contribution in [0.2, 0.25) is 0 Å². The fourth-order valence-corrected chi connectivity index (χ4v) is 2.20. The number of methoxy groups -OCH3 is 1. The third kappa shape index (κ3) is 5.71. The molecule has 1 atom stereocenters. The number of hydrogen-bond donors (Lipinski definition) is 1. The molecule has 0 aromatic rings. The number of alkyl carbamates (subject to hydrolysis) is 1. The Balaban J connectivity index is 0.00000121. The summed E-state index contributed by atoms with van der Waals surface area (Å²) in [6.07, 6.45) is 5.07. The Bertz CT molecular complexity index is 235. The van der Waals surface area contributed by atoms with Gasteiger partial charge >= 0.3 is 6.09 Å². The van der Waals surface area contributed by atoms with Crippen LogP contribution in [0, 0.1) is 5.92 Å². The van der Waals surface area contributed by atoms with E-state index in [2.05, 4.69) is 10.1 Å². The van der Waals surface area contributed by atoms with Crippen molar-refractivity contribution in [2.75, 3.05) is 7.11 Å². The van der Waals surface area contributed by atoms with E-state index in [1.54, 1.807) is 0 Å². The molecule has 4 nitrogen and oxygen atoms in total. The first-order chi connectivity index (χ1) is 8.15. The summed E-state index contributed by atoms with van der Waals surface area (Å²) in [4.78, 5) is 22.5. The fourth-order valence-electron chi connectivity index (χ4n) is 2.20. The van der Waals surface area contributed by atoms with Crippen molar-refractivity contribution in [1.82, 2.24) is 5.32 Å². The van der Waals surface area contributed by atoms with Crippen LogP contribution in [0.3, 0.4) is 0 Å². The van der Waals surface area contributed by atoms with Crippen molar-refractivity contribution >= 4 is 11.9 Å². The van der Waals surface area contributed by atoms with Gasteiger partial charge in [0.25, 0.3) is 0 Å². The van der Waals surface area contributed by atoms with Crippen LogP contribution in [0.4, 0.5) is 4.79 Å². The number of carbonyl (C=O) groups excluding carboxylic acids is 2. The Morgan fingerprint density at radius 1 is 1.18 bits per heavy atom. The smallest absolute Gasteiger partial charge is 0.407 e.